The molecule has 0 spiro atoms. The summed E-state index contributed by atoms with van der Waals surface area (Å²) in [5, 5.41) is 19.8. The Balaban J connectivity index is 1.74. The molecule has 2 N–H and O–H groups in total. The number of benzene rings is 2. The second kappa shape index (κ2) is 6.82. The fourth-order valence-electron chi connectivity index (χ4n) is 3.16. The highest BCUT2D eigenvalue weighted by Gasteiger charge is 2.21. The van der Waals surface area contributed by atoms with Gasteiger partial charge in [0.2, 0.25) is 0 Å². The van der Waals surface area contributed by atoms with Crippen LogP contribution in [0.5, 0.6) is 11.5 Å². The molecule has 0 saturated carbocycles. The third-order valence-electron chi connectivity index (χ3n) is 4.48. The Kier molecular flexibility index (Phi) is 4.36. The first-order valence-electron chi connectivity index (χ1n) is 8.31. The van der Waals surface area contributed by atoms with Crippen molar-refractivity contribution in [3.8, 4) is 11.5 Å². The van der Waals surface area contributed by atoms with Gasteiger partial charge >= 0.3 is 7.12 Å². The molecule has 0 fully saturated rings. The van der Waals surface area contributed by atoms with Gasteiger partial charge in [-0.1, -0.05) is 12.1 Å². The molecular weight excluding hydrogens is 333 g/mol. The van der Waals surface area contributed by atoms with Crippen LogP contribution < -0.4 is 19.8 Å². The van der Waals surface area contributed by atoms with Gasteiger partial charge in [-0.05, 0) is 23.7 Å². The Bertz CT molecular complexity index is 951. The first-order chi connectivity index (χ1) is 12.7. The predicted molar refractivity (Wildman–Crippen MR) is 98.9 cm³/mol. The standard InChI is InChI=1S/C18H18BN3O4/c1-25-14-3-4-15-16(9-14)20-11-21-18(15)22-6-7-26-17-5-2-13(19(23)24)8-12(17)10-22/h2-5,8-9,11,23-24H,6-7,10H2,1H3. The zero-order valence-electron chi connectivity index (χ0n) is 14.3. The van der Waals surface area contributed by atoms with Crippen molar-refractivity contribution in [2.75, 3.05) is 25.2 Å². The minimum Gasteiger partial charge on any atom is -0.497 e. The SMILES string of the molecule is COc1ccc2c(N3CCOc4ccc(B(O)O)cc4C3)ncnc2c1. The van der Waals surface area contributed by atoms with Gasteiger partial charge in [-0.3, -0.25) is 0 Å². The van der Waals surface area contributed by atoms with E-state index in [1.165, 1.54) is 6.33 Å². The van der Waals surface area contributed by atoms with Crippen LogP contribution in [0.15, 0.2) is 42.7 Å². The second-order valence-corrected chi connectivity index (χ2v) is 6.09. The fourth-order valence-corrected chi connectivity index (χ4v) is 3.16. The van der Waals surface area contributed by atoms with Crippen LogP contribution in [0.3, 0.4) is 0 Å². The summed E-state index contributed by atoms with van der Waals surface area (Å²) in [6.45, 7) is 1.72. The molecule has 0 atom stereocenters. The van der Waals surface area contributed by atoms with E-state index in [2.05, 4.69) is 14.9 Å². The number of ether oxygens (including phenoxy) is 2. The van der Waals surface area contributed by atoms with Gasteiger partial charge in [-0.15, -0.1) is 0 Å². The molecule has 3 aromatic rings. The smallest absolute Gasteiger partial charge is 0.488 e. The van der Waals surface area contributed by atoms with E-state index in [0.29, 0.717) is 25.2 Å². The Labute approximate surface area is 151 Å². The number of rotatable bonds is 3. The number of aromatic nitrogens is 2. The Morgan fingerprint density at radius 2 is 2.04 bits per heavy atom. The highest BCUT2D eigenvalue weighted by molar-refractivity contribution is 6.58. The second-order valence-electron chi connectivity index (χ2n) is 6.09. The number of nitrogens with zero attached hydrogens (tertiary/aromatic N) is 3. The lowest BCUT2D eigenvalue weighted by atomic mass is 9.79. The third-order valence-corrected chi connectivity index (χ3v) is 4.48. The van der Waals surface area contributed by atoms with E-state index in [1.54, 1.807) is 25.3 Å². The average molecular weight is 351 g/mol. The lowest BCUT2D eigenvalue weighted by molar-refractivity contribution is 0.331. The molecule has 0 amide bonds. The highest BCUT2D eigenvalue weighted by atomic mass is 16.5. The average Bonchev–Trinajstić information content (AvgIpc) is 2.88. The van der Waals surface area contributed by atoms with E-state index >= 15 is 0 Å². The fraction of sp³-hybridized carbons (Fsp3) is 0.222. The van der Waals surface area contributed by atoms with Crippen LogP contribution in [-0.4, -0.2) is 47.4 Å². The highest BCUT2D eigenvalue weighted by Crippen LogP contribution is 2.30. The lowest BCUT2D eigenvalue weighted by Gasteiger charge is -2.22. The van der Waals surface area contributed by atoms with Gasteiger partial charge in [0.15, 0.2) is 0 Å². The topological polar surface area (TPSA) is 87.9 Å². The van der Waals surface area contributed by atoms with E-state index in [1.807, 2.05) is 18.2 Å². The monoisotopic (exact) mass is 351 g/mol. The van der Waals surface area contributed by atoms with Crippen molar-refractivity contribution in [3.63, 3.8) is 0 Å². The molecule has 1 aliphatic heterocycles. The van der Waals surface area contributed by atoms with Crippen molar-refractivity contribution >= 4 is 29.3 Å². The van der Waals surface area contributed by atoms with Crippen molar-refractivity contribution in [3.05, 3.63) is 48.3 Å². The minimum absolute atomic E-state index is 0.437. The molecule has 0 aliphatic carbocycles. The van der Waals surface area contributed by atoms with Crippen LogP contribution in [0, 0.1) is 0 Å². The van der Waals surface area contributed by atoms with Crippen LogP contribution in [0.2, 0.25) is 0 Å². The van der Waals surface area contributed by atoms with Crippen molar-refractivity contribution < 1.29 is 19.5 Å². The summed E-state index contributed by atoms with van der Waals surface area (Å²) < 4.78 is 11.1. The van der Waals surface area contributed by atoms with E-state index < -0.39 is 7.12 Å². The molecule has 0 radical (unpaired) electrons. The van der Waals surface area contributed by atoms with Gasteiger partial charge in [0, 0.05) is 23.6 Å². The maximum Gasteiger partial charge on any atom is 0.488 e. The molecular formula is C18H18BN3O4. The molecule has 1 aromatic heterocycles. The van der Waals surface area contributed by atoms with Crippen LogP contribution in [0.1, 0.15) is 5.56 Å². The lowest BCUT2D eigenvalue weighted by Crippen LogP contribution is -2.31. The first-order valence-corrected chi connectivity index (χ1v) is 8.31. The van der Waals surface area contributed by atoms with Crippen LogP contribution in [-0.2, 0) is 6.54 Å². The van der Waals surface area contributed by atoms with Gasteiger partial charge in [0.1, 0.15) is 30.3 Å². The Morgan fingerprint density at radius 3 is 2.85 bits per heavy atom. The summed E-state index contributed by atoms with van der Waals surface area (Å²) in [4.78, 5) is 10.9. The molecule has 132 valence electrons. The van der Waals surface area contributed by atoms with E-state index in [-0.39, 0.29) is 0 Å². The van der Waals surface area contributed by atoms with Crippen LogP contribution >= 0.6 is 0 Å². The summed E-state index contributed by atoms with van der Waals surface area (Å²) >= 11 is 0. The van der Waals surface area contributed by atoms with Gasteiger partial charge in [0.05, 0.1) is 19.2 Å². The largest absolute Gasteiger partial charge is 0.497 e. The molecule has 26 heavy (non-hydrogen) atoms. The van der Waals surface area contributed by atoms with Crippen LogP contribution in [0.4, 0.5) is 5.82 Å². The molecule has 8 heteroatoms. The zero-order valence-corrected chi connectivity index (χ0v) is 14.3. The van der Waals surface area contributed by atoms with E-state index in [0.717, 1.165) is 33.8 Å². The number of anilines is 1. The predicted octanol–water partition coefficient (Wildman–Crippen LogP) is 0.717. The van der Waals surface area contributed by atoms with E-state index in [4.69, 9.17) is 9.47 Å². The number of hydrogen-bond donors (Lipinski definition) is 2. The quantitative estimate of drug-likeness (QED) is 0.672. The summed E-state index contributed by atoms with van der Waals surface area (Å²) in [7, 11) is 0.115. The molecule has 1 aliphatic rings. The number of methoxy groups -OCH3 is 1. The van der Waals surface area contributed by atoms with Crippen molar-refractivity contribution in [2.45, 2.75) is 6.54 Å². The molecule has 7 nitrogen and oxygen atoms in total. The van der Waals surface area contributed by atoms with Gasteiger partial charge in [0.25, 0.3) is 0 Å². The van der Waals surface area contributed by atoms with Crippen LogP contribution in [0.25, 0.3) is 10.9 Å². The van der Waals surface area contributed by atoms with Gasteiger partial charge < -0.3 is 24.4 Å². The summed E-state index contributed by atoms with van der Waals surface area (Å²) in [6, 6.07) is 10.9. The number of fused-ring (bicyclic) bond motifs is 2. The van der Waals surface area contributed by atoms with E-state index in [9.17, 15) is 10.0 Å². The van der Waals surface area contributed by atoms with Crippen molar-refractivity contribution in [1.82, 2.24) is 9.97 Å². The normalized spacial score (nSPS) is 13.7. The third kappa shape index (κ3) is 3.04. The molecule has 2 aromatic carbocycles. The molecule has 0 bridgehead atoms. The molecule has 0 unspecified atom stereocenters. The first kappa shape index (κ1) is 16.6. The maximum atomic E-state index is 9.44. The Morgan fingerprint density at radius 1 is 1.15 bits per heavy atom. The van der Waals surface area contributed by atoms with Gasteiger partial charge in [-0.2, -0.15) is 0 Å². The maximum absolute atomic E-state index is 9.44. The molecule has 2 heterocycles. The summed E-state index contributed by atoms with van der Waals surface area (Å²) in [5.41, 5.74) is 2.12. The Hall–Kier alpha value is -2.84. The summed E-state index contributed by atoms with van der Waals surface area (Å²) in [5.74, 6) is 2.30. The number of hydrogen-bond acceptors (Lipinski definition) is 7. The zero-order chi connectivity index (χ0) is 18.1. The van der Waals surface area contributed by atoms with Gasteiger partial charge in [-0.25, -0.2) is 9.97 Å². The van der Waals surface area contributed by atoms with Crippen molar-refractivity contribution in [1.29, 1.82) is 0 Å². The molecule has 0 saturated heterocycles. The van der Waals surface area contributed by atoms with Crippen molar-refractivity contribution in [2.24, 2.45) is 0 Å². The summed E-state index contributed by atoms with van der Waals surface area (Å²) in [6.07, 6.45) is 1.54. The minimum atomic E-state index is -1.51. The molecule has 4 rings (SSSR count).